The van der Waals surface area contributed by atoms with Gasteiger partial charge in [-0.25, -0.2) is 0 Å². The molecule has 1 heterocycles. The van der Waals surface area contributed by atoms with Crippen molar-refractivity contribution < 1.29 is 0 Å². The lowest BCUT2D eigenvalue weighted by molar-refractivity contribution is 1.04. The van der Waals surface area contributed by atoms with Crippen molar-refractivity contribution in [1.29, 1.82) is 0 Å². The van der Waals surface area contributed by atoms with Gasteiger partial charge in [0, 0.05) is 19.2 Å². The molecule has 0 aliphatic carbocycles. The van der Waals surface area contributed by atoms with Crippen LogP contribution in [0.25, 0.3) is 0 Å². The van der Waals surface area contributed by atoms with Crippen LogP contribution in [-0.2, 0) is 0 Å². The molecule has 0 fully saturated rings. The zero-order valence-electron chi connectivity index (χ0n) is 3.02. The second kappa shape index (κ2) is 1.20. The molecule has 1 nitrogen and oxygen atoms in total. The zero-order valence-corrected chi connectivity index (χ0v) is 3.02. The molecule has 27 valence electrons. The molecule has 0 aromatic rings. The topological polar surface area (TPSA) is 12.4 Å². The Balaban J connectivity index is 2.32. The fourth-order valence-electron chi connectivity index (χ4n) is 0.373. The lowest BCUT2D eigenvalue weighted by Crippen LogP contribution is -1.63. The Morgan fingerprint density at radius 3 is 2.80 bits per heavy atom. The minimum Gasteiger partial charge on any atom is -0.297 e. The average molecular weight is 68.1 g/mol. The molecule has 0 amide bonds. The highest BCUT2D eigenvalue weighted by molar-refractivity contribution is 5.69. The molecule has 0 atom stereocenters. The predicted octanol–water partition coefficient (Wildman–Crippen LogP) is 0.665. The third kappa shape index (κ3) is 0.469. The largest absolute Gasteiger partial charge is 0.297 e. The molecule has 1 radical (unpaired) electrons. The normalized spacial score (nSPS) is 20.8. The van der Waals surface area contributed by atoms with Crippen molar-refractivity contribution >= 4 is 6.21 Å². The summed E-state index contributed by atoms with van der Waals surface area (Å²) in [5, 5.41) is 0. The van der Waals surface area contributed by atoms with Gasteiger partial charge >= 0.3 is 0 Å². The highest BCUT2D eigenvalue weighted by Gasteiger charge is 1.86. The summed E-state index contributed by atoms with van der Waals surface area (Å²) >= 11 is 0. The summed E-state index contributed by atoms with van der Waals surface area (Å²) in [6.45, 7) is 1.01. The van der Waals surface area contributed by atoms with E-state index in [1.54, 1.807) is 0 Å². The Kier molecular flexibility index (Phi) is 0.692. The highest BCUT2D eigenvalue weighted by atomic mass is 14.7. The highest BCUT2D eigenvalue weighted by Crippen LogP contribution is 1.90. The minimum absolute atomic E-state index is 1.01. The van der Waals surface area contributed by atoms with Gasteiger partial charge in [0.1, 0.15) is 0 Å². The summed E-state index contributed by atoms with van der Waals surface area (Å²) in [6, 6.07) is 0. The fourth-order valence-corrected chi connectivity index (χ4v) is 0.373. The number of aliphatic imine (C=N–C) groups is 1. The van der Waals surface area contributed by atoms with E-state index in [1.165, 1.54) is 0 Å². The molecule has 1 aliphatic rings. The molecule has 1 heteroatoms. The molecule has 1 aliphatic heterocycles. The molecule has 0 saturated heterocycles. The first-order chi connectivity index (χ1) is 2.50. The first-order valence-electron chi connectivity index (χ1n) is 1.82. The van der Waals surface area contributed by atoms with Crippen LogP contribution in [0.2, 0.25) is 0 Å². The second-order valence-corrected chi connectivity index (χ2v) is 1.08. The number of nitrogens with zero attached hydrogens (tertiary/aromatic N) is 1. The Hall–Kier alpha value is -0.330. The molecule has 0 spiro atoms. The first kappa shape index (κ1) is 2.88. The van der Waals surface area contributed by atoms with Gasteiger partial charge in [0.2, 0.25) is 0 Å². The van der Waals surface area contributed by atoms with E-state index in [2.05, 4.69) is 11.4 Å². The molecule has 1 rings (SSSR count). The van der Waals surface area contributed by atoms with Crippen LogP contribution in [0.1, 0.15) is 6.42 Å². The second-order valence-electron chi connectivity index (χ2n) is 1.08. The lowest BCUT2D eigenvalue weighted by atomic mass is 10.4. The van der Waals surface area contributed by atoms with Gasteiger partial charge in [-0.05, 0) is 6.42 Å². The van der Waals surface area contributed by atoms with Crippen LogP contribution < -0.4 is 0 Å². The van der Waals surface area contributed by atoms with E-state index in [4.69, 9.17) is 0 Å². The van der Waals surface area contributed by atoms with E-state index in [0.717, 1.165) is 13.0 Å². The number of hydrogen-bond acceptors (Lipinski definition) is 1. The fraction of sp³-hybridized carbons (Fsp3) is 0.500. The van der Waals surface area contributed by atoms with Gasteiger partial charge in [-0.2, -0.15) is 0 Å². The molecule has 0 bridgehead atoms. The molecular formula is C4H6N. The van der Waals surface area contributed by atoms with Gasteiger partial charge in [-0.15, -0.1) is 0 Å². The van der Waals surface area contributed by atoms with Crippen molar-refractivity contribution in [2.75, 3.05) is 6.54 Å². The van der Waals surface area contributed by atoms with Gasteiger partial charge < -0.3 is 0 Å². The van der Waals surface area contributed by atoms with Crippen molar-refractivity contribution in [1.82, 2.24) is 0 Å². The third-order valence-corrected chi connectivity index (χ3v) is 0.636. The van der Waals surface area contributed by atoms with Crippen molar-refractivity contribution in [2.24, 2.45) is 4.99 Å². The summed E-state index contributed by atoms with van der Waals surface area (Å²) in [4.78, 5) is 3.90. The monoisotopic (exact) mass is 68.1 g/mol. The average Bonchev–Trinajstić information content (AvgIpc) is 1.76. The van der Waals surface area contributed by atoms with Crippen molar-refractivity contribution in [3.8, 4) is 0 Å². The predicted molar refractivity (Wildman–Crippen MR) is 22.3 cm³/mol. The van der Waals surface area contributed by atoms with Gasteiger partial charge in [0.05, 0.1) is 0 Å². The summed E-state index contributed by atoms with van der Waals surface area (Å²) in [7, 11) is 0. The SMILES string of the molecule is [CH]1C=NCC1. The first-order valence-corrected chi connectivity index (χ1v) is 1.82. The van der Waals surface area contributed by atoms with E-state index in [9.17, 15) is 0 Å². The standard InChI is InChI=1S/C4H6N/c1-2-4-5-3-1/h1,3H,2,4H2. The van der Waals surface area contributed by atoms with Crippen molar-refractivity contribution in [3.05, 3.63) is 6.42 Å². The van der Waals surface area contributed by atoms with Crippen molar-refractivity contribution in [2.45, 2.75) is 6.42 Å². The summed E-state index contributed by atoms with van der Waals surface area (Å²) in [5.74, 6) is 0. The minimum atomic E-state index is 1.01. The molecule has 0 saturated carbocycles. The molecule has 0 unspecified atom stereocenters. The molecule has 5 heavy (non-hydrogen) atoms. The van der Waals surface area contributed by atoms with Crippen LogP contribution in [0.15, 0.2) is 4.99 Å². The van der Waals surface area contributed by atoms with Crippen LogP contribution in [0, 0.1) is 6.42 Å². The van der Waals surface area contributed by atoms with Gasteiger partial charge in [0.15, 0.2) is 0 Å². The number of hydrogen-bond donors (Lipinski definition) is 0. The van der Waals surface area contributed by atoms with Crippen LogP contribution >= 0.6 is 0 Å². The van der Waals surface area contributed by atoms with E-state index in [0.29, 0.717) is 0 Å². The molecule has 0 aromatic carbocycles. The van der Waals surface area contributed by atoms with E-state index in [-0.39, 0.29) is 0 Å². The van der Waals surface area contributed by atoms with E-state index < -0.39 is 0 Å². The zero-order chi connectivity index (χ0) is 3.54. The van der Waals surface area contributed by atoms with Crippen LogP contribution in [-0.4, -0.2) is 12.8 Å². The Morgan fingerprint density at radius 1 is 1.60 bits per heavy atom. The Labute approximate surface area is 31.7 Å². The van der Waals surface area contributed by atoms with Gasteiger partial charge in [-0.1, -0.05) is 0 Å². The van der Waals surface area contributed by atoms with E-state index in [1.807, 2.05) is 6.21 Å². The van der Waals surface area contributed by atoms with Gasteiger partial charge in [0.25, 0.3) is 0 Å². The molecule has 0 aromatic heterocycles. The third-order valence-electron chi connectivity index (χ3n) is 0.636. The maximum Gasteiger partial charge on any atom is 0.0391 e. The van der Waals surface area contributed by atoms with Gasteiger partial charge in [-0.3, -0.25) is 4.99 Å². The van der Waals surface area contributed by atoms with E-state index >= 15 is 0 Å². The maximum atomic E-state index is 3.90. The van der Waals surface area contributed by atoms with Crippen molar-refractivity contribution in [3.63, 3.8) is 0 Å². The summed E-state index contributed by atoms with van der Waals surface area (Å²) < 4.78 is 0. The Bertz CT molecular complexity index is 41.6. The molecular weight excluding hydrogens is 62.1 g/mol. The summed E-state index contributed by atoms with van der Waals surface area (Å²) in [5.41, 5.74) is 0. The lowest BCUT2D eigenvalue weighted by Gasteiger charge is -1.66. The van der Waals surface area contributed by atoms with Crippen LogP contribution in [0.4, 0.5) is 0 Å². The Morgan fingerprint density at radius 2 is 2.60 bits per heavy atom. The quantitative estimate of drug-likeness (QED) is 0.395. The molecule has 0 N–H and O–H groups in total. The van der Waals surface area contributed by atoms with Crippen LogP contribution in [0.3, 0.4) is 0 Å². The summed E-state index contributed by atoms with van der Waals surface area (Å²) in [6.07, 6.45) is 5.08. The smallest absolute Gasteiger partial charge is 0.0391 e. The van der Waals surface area contributed by atoms with Crippen LogP contribution in [0.5, 0.6) is 0 Å². The number of rotatable bonds is 0. The maximum absolute atomic E-state index is 3.90.